The molecule has 0 saturated carbocycles. The summed E-state index contributed by atoms with van der Waals surface area (Å²) in [6, 6.07) is 14.6. The van der Waals surface area contributed by atoms with Crippen molar-refractivity contribution in [2.75, 3.05) is 26.3 Å². The second-order valence-corrected chi connectivity index (χ2v) is 7.60. The van der Waals surface area contributed by atoms with Gasteiger partial charge in [-0.3, -0.25) is 0 Å². The Labute approximate surface area is 179 Å². The highest BCUT2D eigenvalue weighted by atomic mass is 35.5. The van der Waals surface area contributed by atoms with Crippen LogP contribution in [0.1, 0.15) is 22.8 Å². The van der Waals surface area contributed by atoms with Gasteiger partial charge in [-0.1, -0.05) is 41.4 Å². The summed E-state index contributed by atoms with van der Waals surface area (Å²) < 4.78 is 11.9. The molecule has 0 aliphatic carbocycles. The van der Waals surface area contributed by atoms with Crippen molar-refractivity contribution >= 4 is 29.3 Å². The van der Waals surface area contributed by atoms with Crippen molar-refractivity contribution in [3.05, 3.63) is 69.2 Å². The average Bonchev–Trinajstić information content (AvgIpc) is 2.93. The van der Waals surface area contributed by atoms with Crippen molar-refractivity contribution < 1.29 is 19.4 Å². The van der Waals surface area contributed by atoms with Gasteiger partial charge in [0.05, 0.1) is 47.6 Å². The Kier molecular flexibility index (Phi) is 7.34. The molecule has 0 spiro atoms. The van der Waals surface area contributed by atoms with Crippen LogP contribution < -0.4 is 0 Å². The predicted octanol–water partition coefficient (Wildman–Crippen LogP) is 4.75. The minimum absolute atomic E-state index is 0.231. The molecule has 3 rings (SSSR count). The zero-order chi connectivity index (χ0) is 20.8. The van der Waals surface area contributed by atoms with E-state index in [9.17, 15) is 9.90 Å². The molecule has 0 bridgehead atoms. The lowest BCUT2D eigenvalue weighted by Gasteiger charge is -2.27. The minimum Gasteiger partial charge on any atom is -0.465 e. The van der Waals surface area contributed by atoms with E-state index < -0.39 is 6.09 Å². The van der Waals surface area contributed by atoms with Crippen LogP contribution >= 0.6 is 23.2 Å². The Morgan fingerprint density at radius 1 is 1.28 bits per heavy atom. The number of hydrogen-bond donors (Lipinski definition) is 1. The van der Waals surface area contributed by atoms with E-state index in [4.69, 9.17) is 37.9 Å². The van der Waals surface area contributed by atoms with Gasteiger partial charge in [-0.2, -0.15) is 5.26 Å². The van der Waals surface area contributed by atoms with Gasteiger partial charge in [0, 0.05) is 19.0 Å². The summed E-state index contributed by atoms with van der Waals surface area (Å²) >= 11 is 12.2. The third-order valence-electron chi connectivity index (χ3n) is 4.74. The van der Waals surface area contributed by atoms with E-state index in [1.54, 1.807) is 30.3 Å². The number of nitriles is 1. The van der Waals surface area contributed by atoms with Crippen molar-refractivity contribution in [3.63, 3.8) is 0 Å². The molecule has 2 aromatic rings. The van der Waals surface area contributed by atoms with Gasteiger partial charge in [-0.05, 0) is 35.4 Å². The predicted molar refractivity (Wildman–Crippen MR) is 109 cm³/mol. The fourth-order valence-electron chi connectivity index (χ4n) is 3.33. The zero-order valence-electron chi connectivity index (χ0n) is 15.6. The first kappa shape index (κ1) is 21.4. The molecule has 2 atom stereocenters. The molecule has 29 heavy (non-hydrogen) atoms. The van der Waals surface area contributed by atoms with Gasteiger partial charge in [0.15, 0.2) is 0 Å². The minimum atomic E-state index is -0.991. The molecule has 1 aliphatic heterocycles. The van der Waals surface area contributed by atoms with E-state index in [2.05, 4.69) is 6.07 Å². The van der Waals surface area contributed by atoms with E-state index in [0.29, 0.717) is 22.2 Å². The fraction of sp³-hybridized carbons (Fsp3) is 0.333. The number of carbonyl (C=O) groups is 1. The first-order chi connectivity index (χ1) is 14.0. The van der Waals surface area contributed by atoms with E-state index in [-0.39, 0.29) is 38.3 Å². The van der Waals surface area contributed by atoms with Crippen LogP contribution in [0.5, 0.6) is 0 Å². The number of rotatable bonds is 5. The lowest BCUT2D eigenvalue weighted by Crippen LogP contribution is -2.36. The zero-order valence-corrected chi connectivity index (χ0v) is 17.1. The number of halogens is 2. The number of amides is 1. The molecule has 1 aliphatic rings. The molecule has 1 saturated heterocycles. The molecule has 6 nitrogen and oxygen atoms in total. The molecule has 0 radical (unpaired) electrons. The first-order valence-corrected chi connectivity index (χ1v) is 9.84. The van der Waals surface area contributed by atoms with Crippen LogP contribution in [-0.4, -0.2) is 42.4 Å². The normalized spacial score (nSPS) is 19.4. The number of carboxylic acid groups (broad SMARTS) is 1. The van der Waals surface area contributed by atoms with Crippen LogP contribution in [0.4, 0.5) is 4.79 Å². The summed E-state index contributed by atoms with van der Waals surface area (Å²) in [5.74, 6) is -0.231. The highest BCUT2D eigenvalue weighted by Gasteiger charge is 2.31. The highest BCUT2D eigenvalue weighted by molar-refractivity contribution is 6.42. The summed E-state index contributed by atoms with van der Waals surface area (Å²) in [6.45, 7) is 1.43. The number of ether oxygens (including phenoxy) is 2. The summed E-state index contributed by atoms with van der Waals surface area (Å²) in [7, 11) is 0. The maximum Gasteiger partial charge on any atom is 0.407 e. The van der Waals surface area contributed by atoms with Crippen molar-refractivity contribution in [1.82, 2.24) is 4.90 Å². The van der Waals surface area contributed by atoms with Crippen LogP contribution in [0.2, 0.25) is 10.0 Å². The van der Waals surface area contributed by atoms with Gasteiger partial charge in [-0.15, -0.1) is 0 Å². The van der Waals surface area contributed by atoms with Gasteiger partial charge < -0.3 is 19.5 Å². The second-order valence-electron chi connectivity index (χ2n) is 6.78. The number of hydrogen-bond acceptors (Lipinski definition) is 4. The van der Waals surface area contributed by atoms with Gasteiger partial charge >= 0.3 is 6.09 Å². The Balaban J connectivity index is 1.75. The maximum absolute atomic E-state index is 11.5. The summed E-state index contributed by atoms with van der Waals surface area (Å²) in [5.41, 5.74) is 2.26. The van der Waals surface area contributed by atoms with Crippen LogP contribution in [0.25, 0.3) is 0 Å². The monoisotopic (exact) mass is 434 g/mol. The SMILES string of the molecule is N#Cc1cccc(COC[C@@H]2CN(C(=O)O)CCO[C@H]2c2ccc(Cl)c(Cl)c2)c1. The van der Waals surface area contributed by atoms with Crippen LogP contribution in [0.3, 0.4) is 0 Å². The molecular weight excluding hydrogens is 415 g/mol. The smallest absolute Gasteiger partial charge is 0.407 e. The second kappa shape index (κ2) is 9.95. The third kappa shape index (κ3) is 5.62. The van der Waals surface area contributed by atoms with E-state index in [1.807, 2.05) is 12.1 Å². The Hall–Kier alpha value is -2.30. The molecule has 0 unspecified atom stereocenters. The molecule has 0 aromatic heterocycles. The largest absolute Gasteiger partial charge is 0.465 e. The maximum atomic E-state index is 11.5. The standard InChI is InChI=1S/C21H20Cl2N2O4/c22-18-5-4-16(9-19(18)23)20-17(11-25(21(26)27)6-7-29-20)13-28-12-15-3-1-2-14(8-15)10-24/h1-5,8-9,17,20H,6-7,11-13H2,(H,26,27)/t17-,20-/m0/s1. The van der Waals surface area contributed by atoms with Gasteiger partial charge in [0.1, 0.15) is 0 Å². The molecule has 1 fully saturated rings. The molecule has 8 heteroatoms. The van der Waals surface area contributed by atoms with Gasteiger partial charge in [-0.25, -0.2) is 4.79 Å². The number of benzene rings is 2. The summed E-state index contributed by atoms with van der Waals surface area (Å²) in [5, 5.41) is 19.3. The molecule has 1 N–H and O–H groups in total. The highest BCUT2D eigenvalue weighted by Crippen LogP contribution is 2.33. The lowest BCUT2D eigenvalue weighted by molar-refractivity contribution is -0.0122. The number of nitrogens with zero attached hydrogens (tertiary/aromatic N) is 2. The molecule has 2 aromatic carbocycles. The van der Waals surface area contributed by atoms with Gasteiger partial charge in [0.2, 0.25) is 0 Å². The molecular formula is C21H20Cl2N2O4. The lowest BCUT2D eigenvalue weighted by atomic mass is 9.95. The molecule has 1 amide bonds. The van der Waals surface area contributed by atoms with Crippen molar-refractivity contribution in [2.45, 2.75) is 12.7 Å². The summed E-state index contributed by atoms with van der Waals surface area (Å²) in [4.78, 5) is 12.9. The van der Waals surface area contributed by atoms with Crippen LogP contribution in [0, 0.1) is 17.2 Å². The Morgan fingerprint density at radius 2 is 2.10 bits per heavy atom. The van der Waals surface area contributed by atoms with E-state index in [0.717, 1.165) is 11.1 Å². The third-order valence-corrected chi connectivity index (χ3v) is 5.48. The van der Waals surface area contributed by atoms with E-state index in [1.165, 1.54) is 4.90 Å². The van der Waals surface area contributed by atoms with Crippen LogP contribution in [0.15, 0.2) is 42.5 Å². The van der Waals surface area contributed by atoms with Crippen LogP contribution in [-0.2, 0) is 16.1 Å². The average molecular weight is 435 g/mol. The topological polar surface area (TPSA) is 82.8 Å². The summed E-state index contributed by atoms with van der Waals surface area (Å²) in [6.07, 6.45) is -1.37. The van der Waals surface area contributed by atoms with Crippen molar-refractivity contribution in [1.29, 1.82) is 5.26 Å². The van der Waals surface area contributed by atoms with Crippen molar-refractivity contribution in [3.8, 4) is 6.07 Å². The van der Waals surface area contributed by atoms with Crippen molar-refractivity contribution in [2.24, 2.45) is 5.92 Å². The first-order valence-electron chi connectivity index (χ1n) is 9.09. The van der Waals surface area contributed by atoms with Gasteiger partial charge in [0.25, 0.3) is 0 Å². The quantitative estimate of drug-likeness (QED) is 0.733. The van der Waals surface area contributed by atoms with E-state index >= 15 is 0 Å². The molecule has 1 heterocycles. The Morgan fingerprint density at radius 3 is 2.83 bits per heavy atom. The molecule has 152 valence electrons. The fourth-order valence-corrected chi connectivity index (χ4v) is 3.63. The Bertz CT molecular complexity index is 916.